The Morgan fingerprint density at radius 2 is 1.69 bits per heavy atom. The number of aromatic hydroxyl groups is 1. The van der Waals surface area contributed by atoms with Gasteiger partial charge in [-0.25, -0.2) is 0 Å². The monoisotopic (exact) mass is 212 g/mol. The highest BCUT2D eigenvalue weighted by atomic mass is 16.3. The van der Waals surface area contributed by atoms with Gasteiger partial charge in [-0.1, -0.05) is 42.0 Å². The SMILES string of the molecule is Cc1cccc(-c2ccc(C)c(C)c2O)c1. The summed E-state index contributed by atoms with van der Waals surface area (Å²) >= 11 is 0. The van der Waals surface area contributed by atoms with Crippen molar-refractivity contribution in [3.8, 4) is 16.9 Å². The molecule has 0 heterocycles. The minimum Gasteiger partial charge on any atom is -0.507 e. The highest BCUT2D eigenvalue weighted by Crippen LogP contribution is 2.33. The van der Waals surface area contributed by atoms with Crippen LogP contribution in [0.25, 0.3) is 11.1 Å². The molecule has 0 aliphatic heterocycles. The summed E-state index contributed by atoms with van der Waals surface area (Å²) in [7, 11) is 0. The third-order valence-electron chi connectivity index (χ3n) is 3.03. The summed E-state index contributed by atoms with van der Waals surface area (Å²) in [6.07, 6.45) is 0. The van der Waals surface area contributed by atoms with E-state index in [9.17, 15) is 5.11 Å². The van der Waals surface area contributed by atoms with Crippen LogP contribution in [-0.2, 0) is 0 Å². The van der Waals surface area contributed by atoms with E-state index >= 15 is 0 Å². The molecule has 0 saturated heterocycles. The van der Waals surface area contributed by atoms with Crippen molar-refractivity contribution in [2.24, 2.45) is 0 Å². The van der Waals surface area contributed by atoms with Gasteiger partial charge in [-0.05, 0) is 37.5 Å². The quantitative estimate of drug-likeness (QED) is 0.758. The largest absolute Gasteiger partial charge is 0.507 e. The zero-order chi connectivity index (χ0) is 11.7. The Morgan fingerprint density at radius 1 is 0.938 bits per heavy atom. The molecule has 0 aliphatic rings. The summed E-state index contributed by atoms with van der Waals surface area (Å²) in [5, 5.41) is 10.1. The lowest BCUT2D eigenvalue weighted by Crippen LogP contribution is -1.86. The van der Waals surface area contributed by atoms with Crippen LogP contribution in [-0.4, -0.2) is 5.11 Å². The fourth-order valence-corrected chi connectivity index (χ4v) is 1.85. The van der Waals surface area contributed by atoms with Crippen LogP contribution in [0.5, 0.6) is 5.75 Å². The Bertz CT molecular complexity index is 527. The topological polar surface area (TPSA) is 20.2 Å². The van der Waals surface area contributed by atoms with Crippen molar-refractivity contribution in [2.45, 2.75) is 20.8 Å². The molecule has 0 radical (unpaired) electrons. The molecule has 0 unspecified atom stereocenters. The van der Waals surface area contributed by atoms with Crippen LogP contribution >= 0.6 is 0 Å². The molecule has 2 rings (SSSR count). The zero-order valence-corrected chi connectivity index (χ0v) is 9.91. The van der Waals surface area contributed by atoms with E-state index in [1.807, 2.05) is 38.1 Å². The smallest absolute Gasteiger partial charge is 0.126 e. The first kappa shape index (κ1) is 10.7. The molecule has 2 aromatic carbocycles. The van der Waals surface area contributed by atoms with E-state index in [1.54, 1.807) is 0 Å². The predicted octanol–water partition coefficient (Wildman–Crippen LogP) is 3.98. The average molecular weight is 212 g/mol. The first-order valence-corrected chi connectivity index (χ1v) is 5.46. The molecule has 0 amide bonds. The van der Waals surface area contributed by atoms with Crippen LogP contribution in [0.2, 0.25) is 0 Å². The standard InChI is InChI=1S/C15H16O/c1-10-5-4-6-13(9-10)14-8-7-11(2)12(3)15(14)16/h4-9,16H,1-3H3. The van der Waals surface area contributed by atoms with Gasteiger partial charge in [0.25, 0.3) is 0 Å². The number of rotatable bonds is 1. The molecule has 0 spiro atoms. The maximum absolute atomic E-state index is 10.1. The lowest BCUT2D eigenvalue weighted by Gasteiger charge is -2.10. The average Bonchev–Trinajstić information content (AvgIpc) is 2.26. The van der Waals surface area contributed by atoms with Crippen molar-refractivity contribution in [3.05, 3.63) is 53.1 Å². The molecule has 1 heteroatoms. The molecular formula is C15H16O. The van der Waals surface area contributed by atoms with Crippen LogP contribution in [0, 0.1) is 20.8 Å². The van der Waals surface area contributed by atoms with E-state index in [0.717, 1.165) is 22.3 Å². The van der Waals surface area contributed by atoms with Crippen molar-refractivity contribution in [3.63, 3.8) is 0 Å². The van der Waals surface area contributed by atoms with Gasteiger partial charge in [-0.2, -0.15) is 0 Å². The fourth-order valence-electron chi connectivity index (χ4n) is 1.85. The third-order valence-corrected chi connectivity index (χ3v) is 3.03. The van der Waals surface area contributed by atoms with Crippen LogP contribution in [0.4, 0.5) is 0 Å². The first-order valence-electron chi connectivity index (χ1n) is 5.46. The number of phenols is 1. The van der Waals surface area contributed by atoms with Crippen molar-refractivity contribution < 1.29 is 5.11 Å². The van der Waals surface area contributed by atoms with Gasteiger partial charge in [-0.15, -0.1) is 0 Å². The zero-order valence-electron chi connectivity index (χ0n) is 9.91. The lowest BCUT2D eigenvalue weighted by molar-refractivity contribution is 0.472. The number of hydrogen-bond donors (Lipinski definition) is 1. The van der Waals surface area contributed by atoms with E-state index in [-0.39, 0.29) is 0 Å². The lowest BCUT2D eigenvalue weighted by atomic mass is 9.98. The number of phenolic OH excluding ortho intramolecular Hbond substituents is 1. The Labute approximate surface area is 96.4 Å². The highest BCUT2D eigenvalue weighted by Gasteiger charge is 2.08. The van der Waals surface area contributed by atoms with Gasteiger partial charge in [0.05, 0.1) is 0 Å². The van der Waals surface area contributed by atoms with Crippen molar-refractivity contribution in [1.82, 2.24) is 0 Å². The van der Waals surface area contributed by atoms with E-state index in [4.69, 9.17) is 0 Å². The molecule has 2 aromatic rings. The molecule has 0 saturated carbocycles. The van der Waals surface area contributed by atoms with Gasteiger partial charge in [0, 0.05) is 5.56 Å². The normalized spacial score (nSPS) is 10.4. The van der Waals surface area contributed by atoms with Crippen LogP contribution in [0.1, 0.15) is 16.7 Å². The second-order valence-electron chi connectivity index (χ2n) is 4.27. The van der Waals surface area contributed by atoms with Gasteiger partial charge in [0.2, 0.25) is 0 Å². The Balaban J connectivity index is 2.61. The molecule has 0 atom stereocenters. The Morgan fingerprint density at radius 3 is 2.38 bits per heavy atom. The molecule has 0 aliphatic carbocycles. The number of aryl methyl sites for hydroxylation is 2. The number of hydrogen-bond acceptors (Lipinski definition) is 1. The van der Waals surface area contributed by atoms with E-state index in [0.29, 0.717) is 5.75 Å². The Hall–Kier alpha value is -1.76. The first-order chi connectivity index (χ1) is 7.59. The van der Waals surface area contributed by atoms with Crippen LogP contribution in [0.3, 0.4) is 0 Å². The summed E-state index contributed by atoms with van der Waals surface area (Å²) in [6.45, 7) is 6.01. The number of benzene rings is 2. The summed E-state index contributed by atoms with van der Waals surface area (Å²) in [5.41, 5.74) is 5.26. The van der Waals surface area contributed by atoms with Crippen molar-refractivity contribution >= 4 is 0 Å². The van der Waals surface area contributed by atoms with Gasteiger partial charge in [0.15, 0.2) is 0 Å². The van der Waals surface area contributed by atoms with E-state index in [2.05, 4.69) is 19.1 Å². The molecule has 1 N–H and O–H groups in total. The van der Waals surface area contributed by atoms with Crippen molar-refractivity contribution in [1.29, 1.82) is 0 Å². The minimum absolute atomic E-state index is 0.394. The molecule has 82 valence electrons. The Kier molecular flexibility index (Phi) is 2.69. The van der Waals surface area contributed by atoms with Gasteiger partial charge < -0.3 is 5.11 Å². The predicted molar refractivity (Wildman–Crippen MR) is 67.8 cm³/mol. The summed E-state index contributed by atoms with van der Waals surface area (Å²) in [4.78, 5) is 0. The molecule has 0 aromatic heterocycles. The minimum atomic E-state index is 0.394. The third kappa shape index (κ3) is 1.81. The molecule has 0 bridgehead atoms. The molecule has 0 fully saturated rings. The maximum atomic E-state index is 10.1. The maximum Gasteiger partial charge on any atom is 0.126 e. The van der Waals surface area contributed by atoms with Crippen LogP contribution < -0.4 is 0 Å². The van der Waals surface area contributed by atoms with E-state index in [1.165, 1.54) is 5.56 Å². The second kappa shape index (κ2) is 4.01. The molecule has 1 nitrogen and oxygen atoms in total. The summed E-state index contributed by atoms with van der Waals surface area (Å²) in [5.74, 6) is 0.394. The van der Waals surface area contributed by atoms with Gasteiger partial charge in [0.1, 0.15) is 5.75 Å². The van der Waals surface area contributed by atoms with Crippen molar-refractivity contribution in [2.75, 3.05) is 0 Å². The van der Waals surface area contributed by atoms with Gasteiger partial charge in [-0.3, -0.25) is 0 Å². The van der Waals surface area contributed by atoms with E-state index < -0.39 is 0 Å². The fraction of sp³-hybridized carbons (Fsp3) is 0.200. The summed E-state index contributed by atoms with van der Waals surface area (Å²) < 4.78 is 0. The molecular weight excluding hydrogens is 196 g/mol. The van der Waals surface area contributed by atoms with Gasteiger partial charge >= 0.3 is 0 Å². The summed E-state index contributed by atoms with van der Waals surface area (Å²) in [6, 6.07) is 12.2. The highest BCUT2D eigenvalue weighted by molar-refractivity contribution is 5.72. The van der Waals surface area contributed by atoms with Crippen LogP contribution in [0.15, 0.2) is 36.4 Å². The second-order valence-corrected chi connectivity index (χ2v) is 4.27. The molecule has 16 heavy (non-hydrogen) atoms.